The fraction of sp³-hybridized carbons (Fsp3) is 0.615. The van der Waals surface area contributed by atoms with Gasteiger partial charge in [0.1, 0.15) is 0 Å². The molecule has 1 aromatic heterocycles. The van der Waals surface area contributed by atoms with Gasteiger partial charge in [-0.3, -0.25) is 14.3 Å². The van der Waals surface area contributed by atoms with E-state index in [0.29, 0.717) is 31.0 Å². The van der Waals surface area contributed by atoms with E-state index < -0.39 is 0 Å². The Morgan fingerprint density at radius 2 is 2.35 bits per heavy atom. The number of hydrogen-bond acceptors (Lipinski definition) is 4. The maximum atomic E-state index is 12.5. The fourth-order valence-corrected chi connectivity index (χ4v) is 2.29. The number of piperazine rings is 1. The average molecular weight is 280 g/mol. The standard InChI is InChI=1S/C13H20N4O3/c1-9-6-16(8-12(18)14-9)13(19)11-7-17(4-5-20-3)15-10(11)2/h7,9H,4-6,8H2,1-3H3,(H,14,18). The van der Waals surface area contributed by atoms with Gasteiger partial charge in [0.2, 0.25) is 5.91 Å². The number of ether oxygens (including phenoxy) is 1. The van der Waals surface area contributed by atoms with Gasteiger partial charge in [-0.15, -0.1) is 0 Å². The number of nitrogens with one attached hydrogen (secondary N) is 1. The summed E-state index contributed by atoms with van der Waals surface area (Å²) >= 11 is 0. The molecule has 110 valence electrons. The first-order valence-corrected chi connectivity index (χ1v) is 6.63. The van der Waals surface area contributed by atoms with Crippen LogP contribution < -0.4 is 5.32 Å². The van der Waals surface area contributed by atoms with Crippen LogP contribution in [0.15, 0.2) is 6.20 Å². The molecule has 0 radical (unpaired) electrons. The van der Waals surface area contributed by atoms with Crippen LogP contribution in [0.25, 0.3) is 0 Å². The van der Waals surface area contributed by atoms with Gasteiger partial charge in [0.05, 0.1) is 31.0 Å². The second kappa shape index (κ2) is 6.04. The highest BCUT2D eigenvalue weighted by Gasteiger charge is 2.28. The van der Waals surface area contributed by atoms with Crippen molar-refractivity contribution >= 4 is 11.8 Å². The lowest BCUT2D eigenvalue weighted by atomic mass is 10.1. The fourth-order valence-electron chi connectivity index (χ4n) is 2.29. The molecule has 2 amide bonds. The molecule has 0 aromatic carbocycles. The maximum Gasteiger partial charge on any atom is 0.257 e. The topological polar surface area (TPSA) is 76.5 Å². The summed E-state index contributed by atoms with van der Waals surface area (Å²) in [7, 11) is 1.62. The number of nitrogens with zero attached hydrogens (tertiary/aromatic N) is 3. The van der Waals surface area contributed by atoms with Crippen LogP contribution in [0.3, 0.4) is 0 Å². The molecule has 1 fully saturated rings. The summed E-state index contributed by atoms with van der Waals surface area (Å²) in [6.07, 6.45) is 1.72. The summed E-state index contributed by atoms with van der Waals surface area (Å²) in [5, 5.41) is 7.08. The maximum absolute atomic E-state index is 12.5. The molecule has 0 bridgehead atoms. The van der Waals surface area contributed by atoms with Crippen molar-refractivity contribution in [2.45, 2.75) is 26.4 Å². The minimum absolute atomic E-state index is 0.0240. The minimum atomic E-state index is -0.145. The Balaban J connectivity index is 2.12. The molecule has 2 rings (SSSR count). The van der Waals surface area contributed by atoms with Crippen molar-refractivity contribution in [2.75, 3.05) is 26.8 Å². The van der Waals surface area contributed by atoms with Gasteiger partial charge < -0.3 is 15.0 Å². The Morgan fingerprint density at radius 3 is 3.00 bits per heavy atom. The molecule has 1 N–H and O–H groups in total. The Morgan fingerprint density at radius 1 is 1.60 bits per heavy atom. The molecule has 2 heterocycles. The van der Waals surface area contributed by atoms with Crippen LogP contribution in [0.4, 0.5) is 0 Å². The highest BCUT2D eigenvalue weighted by molar-refractivity contribution is 5.97. The summed E-state index contributed by atoms with van der Waals surface area (Å²) in [6, 6.07) is -0.0240. The molecule has 7 nitrogen and oxygen atoms in total. The monoisotopic (exact) mass is 280 g/mol. The van der Waals surface area contributed by atoms with Crippen LogP contribution in [0.1, 0.15) is 23.0 Å². The summed E-state index contributed by atoms with van der Waals surface area (Å²) in [6.45, 7) is 5.44. The molecule has 7 heteroatoms. The zero-order chi connectivity index (χ0) is 14.7. The number of aryl methyl sites for hydroxylation is 1. The number of aromatic nitrogens is 2. The van der Waals surface area contributed by atoms with Crippen LogP contribution in [-0.2, 0) is 16.1 Å². The molecule has 20 heavy (non-hydrogen) atoms. The molecule has 1 saturated heterocycles. The Kier molecular flexibility index (Phi) is 4.39. The van der Waals surface area contributed by atoms with Crippen molar-refractivity contribution < 1.29 is 14.3 Å². The Hall–Kier alpha value is -1.89. The van der Waals surface area contributed by atoms with E-state index in [9.17, 15) is 9.59 Å². The SMILES string of the molecule is COCCn1cc(C(=O)N2CC(=O)NC(C)C2)c(C)n1. The first kappa shape index (κ1) is 14.5. The number of amides is 2. The van der Waals surface area contributed by atoms with Gasteiger partial charge in [-0.2, -0.15) is 5.10 Å². The third-order valence-electron chi connectivity index (χ3n) is 3.22. The number of carbonyl (C=O) groups excluding carboxylic acids is 2. The Bertz CT molecular complexity index is 512. The normalized spacial score (nSPS) is 19.1. The van der Waals surface area contributed by atoms with Gasteiger partial charge in [0, 0.05) is 25.9 Å². The van der Waals surface area contributed by atoms with Gasteiger partial charge in [-0.1, -0.05) is 0 Å². The third kappa shape index (κ3) is 3.16. The zero-order valence-electron chi connectivity index (χ0n) is 12.0. The lowest BCUT2D eigenvalue weighted by Crippen LogP contribution is -2.54. The molecule has 1 aliphatic heterocycles. The highest BCUT2D eigenvalue weighted by atomic mass is 16.5. The lowest BCUT2D eigenvalue weighted by molar-refractivity contribution is -0.124. The molecule has 1 unspecified atom stereocenters. The van der Waals surface area contributed by atoms with E-state index in [0.717, 1.165) is 0 Å². The van der Waals surface area contributed by atoms with Crippen LogP contribution >= 0.6 is 0 Å². The number of hydrogen-bond donors (Lipinski definition) is 1. The number of methoxy groups -OCH3 is 1. The van der Waals surface area contributed by atoms with E-state index in [1.807, 2.05) is 6.92 Å². The van der Waals surface area contributed by atoms with Crippen LogP contribution in [-0.4, -0.2) is 59.3 Å². The van der Waals surface area contributed by atoms with Gasteiger partial charge in [-0.25, -0.2) is 0 Å². The lowest BCUT2D eigenvalue weighted by Gasteiger charge is -2.31. The van der Waals surface area contributed by atoms with Crippen molar-refractivity contribution in [2.24, 2.45) is 0 Å². The number of carbonyl (C=O) groups is 2. The van der Waals surface area contributed by atoms with Crippen LogP contribution in [0, 0.1) is 6.92 Å². The average Bonchev–Trinajstić information content (AvgIpc) is 2.75. The molecular weight excluding hydrogens is 260 g/mol. The predicted octanol–water partition coefficient (Wildman–Crippen LogP) is -0.202. The summed E-state index contributed by atoms with van der Waals surface area (Å²) in [5.74, 6) is -0.269. The first-order chi connectivity index (χ1) is 9.51. The molecule has 1 aliphatic rings. The van der Waals surface area contributed by atoms with Gasteiger partial charge in [-0.05, 0) is 13.8 Å². The second-order valence-corrected chi connectivity index (χ2v) is 5.04. The molecule has 0 saturated carbocycles. The van der Waals surface area contributed by atoms with E-state index in [2.05, 4.69) is 10.4 Å². The van der Waals surface area contributed by atoms with Crippen molar-refractivity contribution in [1.82, 2.24) is 20.0 Å². The third-order valence-corrected chi connectivity index (χ3v) is 3.22. The van der Waals surface area contributed by atoms with E-state index in [1.165, 1.54) is 0 Å². The highest BCUT2D eigenvalue weighted by Crippen LogP contribution is 2.12. The first-order valence-electron chi connectivity index (χ1n) is 6.63. The van der Waals surface area contributed by atoms with Crippen molar-refractivity contribution in [3.05, 3.63) is 17.5 Å². The predicted molar refractivity (Wildman–Crippen MR) is 72.3 cm³/mol. The van der Waals surface area contributed by atoms with Crippen molar-refractivity contribution in [3.63, 3.8) is 0 Å². The van der Waals surface area contributed by atoms with Crippen molar-refractivity contribution in [3.8, 4) is 0 Å². The summed E-state index contributed by atoms with van der Waals surface area (Å²) < 4.78 is 6.68. The summed E-state index contributed by atoms with van der Waals surface area (Å²) in [5.41, 5.74) is 1.22. The minimum Gasteiger partial charge on any atom is -0.383 e. The van der Waals surface area contributed by atoms with Gasteiger partial charge in [0.15, 0.2) is 0 Å². The molecule has 1 atom stereocenters. The van der Waals surface area contributed by atoms with E-state index in [1.54, 1.807) is 29.8 Å². The quantitative estimate of drug-likeness (QED) is 0.828. The Labute approximate surface area is 117 Å². The molecule has 0 spiro atoms. The van der Waals surface area contributed by atoms with Crippen LogP contribution in [0.2, 0.25) is 0 Å². The van der Waals surface area contributed by atoms with E-state index >= 15 is 0 Å². The van der Waals surface area contributed by atoms with Gasteiger partial charge in [0.25, 0.3) is 5.91 Å². The van der Waals surface area contributed by atoms with Crippen LogP contribution in [0.5, 0.6) is 0 Å². The molecule has 1 aromatic rings. The van der Waals surface area contributed by atoms with Crippen molar-refractivity contribution in [1.29, 1.82) is 0 Å². The largest absolute Gasteiger partial charge is 0.383 e. The summed E-state index contributed by atoms with van der Waals surface area (Å²) in [4.78, 5) is 25.5. The van der Waals surface area contributed by atoms with E-state index in [4.69, 9.17) is 4.74 Å². The van der Waals surface area contributed by atoms with Gasteiger partial charge >= 0.3 is 0 Å². The molecule has 0 aliphatic carbocycles. The smallest absolute Gasteiger partial charge is 0.257 e. The zero-order valence-corrected chi connectivity index (χ0v) is 12.0. The number of rotatable bonds is 4. The van der Waals surface area contributed by atoms with E-state index in [-0.39, 0.29) is 24.4 Å². The molecular formula is C13H20N4O3. The second-order valence-electron chi connectivity index (χ2n) is 5.04.